The number of piperazine rings is 1. The quantitative estimate of drug-likeness (QED) is 0.817. The first-order valence-corrected chi connectivity index (χ1v) is 6.75. The number of hydrogen-bond acceptors (Lipinski definition) is 3. The molecule has 0 N–H and O–H groups in total. The minimum Gasteiger partial charge on any atom is -0.497 e. The molecule has 1 aromatic rings. The molecule has 0 spiro atoms. The molecule has 0 amide bonds. The van der Waals surface area contributed by atoms with Crippen LogP contribution >= 0.6 is 0 Å². The molecular formula is C15H24N2O. The van der Waals surface area contributed by atoms with E-state index in [0.717, 1.165) is 31.9 Å². The SMILES string of the molecule is COc1ccc(N2CCN(C(C)C)CC2)c(C)c1. The molecule has 0 aromatic heterocycles. The van der Waals surface area contributed by atoms with Gasteiger partial charge in [-0.15, -0.1) is 0 Å². The van der Waals surface area contributed by atoms with Crippen LogP contribution in [-0.2, 0) is 0 Å². The van der Waals surface area contributed by atoms with Crippen LogP contribution in [0.4, 0.5) is 5.69 Å². The number of hydrogen-bond donors (Lipinski definition) is 0. The molecule has 0 atom stereocenters. The predicted molar refractivity (Wildman–Crippen MR) is 76.7 cm³/mol. The van der Waals surface area contributed by atoms with Crippen molar-refractivity contribution in [1.29, 1.82) is 0 Å². The van der Waals surface area contributed by atoms with Crippen molar-refractivity contribution in [3.63, 3.8) is 0 Å². The fourth-order valence-corrected chi connectivity index (χ4v) is 2.59. The van der Waals surface area contributed by atoms with Crippen molar-refractivity contribution in [1.82, 2.24) is 4.90 Å². The normalized spacial score (nSPS) is 17.3. The van der Waals surface area contributed by atoms with Gasteiger partial charge in [0.05, 0.1) is 7.11 Å². The van der Waals surface area contributed by atoms with Crippen molar-refractivity contribution in [3.8, 4) is 5.75 Å². The molecule has 100 valence electrons. The largest absolute Gasteiger partial charge is 0.497 e. The Kier molecular flexibility index (Phi) is 4.12. The van der Waals surface area contributed by atoms with E-state index < -0.39 is 0 Å². The Balaban J connectivity index is 2.05. The number of benzene rings is 1. The number of methoxy groups -OCH3 is 1. The Morgan fingerprint density at radius 3 is 2.28 bits per heavy atom. The maximum Gasteiger partial charge on any atom is 0.119 e. The molecule has 1 aliphatic rings. The van der Waals surface area contributed by atoms with E-state index in [9.17, 15) is 0 Å². The van der Waals surface area contributed by atoms with Crippen molar-refractivity contribution < 1.29 is 4.74 Å². The van der Waals surface area contributed by atoms with E-state index in [4.69, 9.17) is 4.74 Å². The second-order valence-corrected chi connectivity index (χ2v) is 5.27. The summed E-state index contributed by atoms with van der Waals surface area (Å²) in [4.78, 5) is 5.02. The molecule has 0 saturated carbocycles. The van der Waals surface area contributed by atoms with Gasteiger partial charge >= 0.3 is 0 Å². The highest BCUT2D eigenvalue weighted by Crippen LogP contribution is 2.25. The van der Waals surface area contributed by atoms with Crippen LogP contribution in [0.5, 0.6) is 5.75 Å². The van der Waals surface area contributed by atoms with E-state index in [0.29, 0.717) is 6.04 Å². The van der Waals surface area contributed by atoms with Crippen LogP contribution in [0.25, 0.3) is 0 Å². The zero-order valence-corrected chi connectivity index (χ0v) is 11.9. The van der Waals surface area contributed by atoms with Gasteiger partial charge in [0.25, 0.3) is 0 Å². The maximum atomic E-state index is 5.26. The standard InChI is InChI=1S/C15H24N2O/c1-12(2)16-7-9-17(10-8-16)15-6-5-14(18-4)11-13(15)3/h5-6,11-12H,7-10H2,1-4H3. The van der Waals surface area contributed by atoms with Crippen LogP contribution in [0.2, 0.25) is 0 Å². The van der Waals surface area contributed by atoms with Crippen LogP contribution < -0.4 is 9.64 Å². The highest BCUT2D eigenvalue weighted by atomic mass is 16.5. The predicted octanol–water partition coefficient (Wildman–Crippen LogP) is 2.53. The lowest BCUT2D eigenvalue weighted by atomic mass is 10.1. The van der Waals surface area contributed by atoms with Gasteiger partial charge in [0.15, 0.2) is 0 Å². The topological polar surface area (TPSA) is 15.7 Å². The van der Waals surface area contributed by atoms with Gasteiger partial charge in [-0.2, -0.15) is 0 Å². The highest BCUT2D eigenvalue weighted by molar-refractivity contribution is 5.56. The van der Waals surface area contributed by atoms with Crippen LogP contribution in [0.1, 0.15) is 19.4 Å². The van der Waals surface area contributed by atoms with Gasteiger partial charge in [-0.1, -0.05) is 0 Å². The summed E-state index contributed by atoms with van der Waals surface area (Å²) in [6.45, 7) is 11.2. The zero-order valence-electron chi connectivity index (χ0n) is 11.9. The molecule has 0 radical (unpaired) electrons. The first-order chi connectivity index (χ1) is 8.61. The van der Waals surface area contributed by atoms with Crippen LogP contribution in [0.15, 0.2) is 18.2 Å². The van der Waals surface area contributed by atoms with Gasteiger partial charge in [-0.25, -0.2) is 0 Å². The molecule has 0 bridgehead atoms. The molecule has 1 fully saturated rings. The third kappa shape index (κ3) is 2.78. The van der Waals surface area contributed by atoms with Crippen molar-refractivity contribution in [2.24, 2.45) is 0 Å². The summed E-state index contributed by atoms with van der Waals surface area (Å²) >= 11 is 0. The zero-order chi connectivity index (χ0) is 13.1. The molecule has 0 unspecified atom stereocenters. The van der Waals surface area contributed by atoms with Crippen molar-refractivity contribution >= 4 is 5.69 Å². The number of ether oxygens (including phenoxy) is 1. The van der Waals surface area contributed by atoms with Gasteiger partial charge in [-0.05, 0) is 44.5 Å². The van der Waals surface area contributed by atoms with Crippen molar-refractivity contribution in [3.05, 3.63) is 23.8 Å². The van der Waals surface area contributed by atoms with Crippen LogP contribution in [0.3, 0.4) is 0 Å². The third-order valence-electron chi connectivity index (χ3n) is 3.79. The molecule has 1 saturated heterocycles. The number of nitrogens with zero attached hydrogens (tertiary/aromatic N) is 2. The molecule has 18 heavy (non-hydrogen) atoms. The van der Waals surface area contributed by atoms with E-state index in [1.807, 2.05) is 0 Å². The Labute approximate surface area is 110 Å². The Hall–Kier alpha value is -1.22. The van der Waals surface area contributed by atoms with Gasteiger partial charge in [0.1, 0.15) is 5.75 Å². The molecule has 3 heteroatoms. The first-order valence-electron chi connectivity index (χ1n) is 6.75. The Morgan fingerprint density at radius 1 is 1.11 bits per heavy atom. The molecule has 1 aliphatic heterocycles. The van der Waals surface area contributed by atoms with E-state index in [2.05, 4.69) is 48.8 Å². The second kappa shape index (κ2) is 5.61. The molecular weight excluding hydrogens is 224 g/mol. The Bertz CT molecular complexity index is 395. The van der Waals surface area contributed by atoms with Crippen LogP contribution in [0, 0.1) is 6.92 Å². The number of anilines is 1. The van der Waals surface area contributed by atoms with E-state index in [-0.39, 0.29) is 0 Å². The lowest BCUT2D eigenvalue weighted by Crippen LogP contribution is -2.49. The average Bonchev–Trinajstić information content (AvgIpc) is 2.38. The Morgan fingerprint density at radius 2 is 1.78 bits per heavy atom. The summed E-state index contributed by atoms with van der Waals surface area (Å²) in [6, 6.07) is 7.00. The summed E-state index contributed by atoms with van der Waals surface area (Å²) in [7, 11) is 1.72. The fourth-order valence-electron chi connectivity index (χ4n) is 2.59. The fraction of sp³-hybridized carbons (Fsp3) is 0.600. The summed E-state index contributed by atoms with van der Waals surface area (Å²) in [5, 5.41) is 0. The van der Waals surface area contributed by atoms with E-state index >= 15 is 0 Å². The van der Waals surface area contributed by atoms with Crippen molar-refractivity contribution in [2.45, 2.75) is 26.8 Å². The minimum absolute atomic E-state index is 0.657. The molecule has 1 heterocycles. The van der Waals surface area contributed by atoms with Crippen LogP contribution in [-0.4, -0.2) is 44.2 Å². The lowest BCUT2D eigenvalue weighted by Gasteiger charge is -2.38. The van der Waals surface area contributed by atoms with Gasteiger partial charge in [0.2, 0.25) is 0 Å². The summed E-state index contributed by atoms with van der Waals surface area (Å²) < 4.78 is 5.26. The van der Waals surface area contributed by atoms with E-state index in [1.165, 1.54) is 11.3 Å². The molecule has 3 nitrogen and oxygen atoms in total. The molecule has 2 rings (SSSR count). The third-order valence-corrected chi connectivity index (χ3v) is 3.79. The summed E-state index contributed by atoms with van der Waals surface area (Å²) in [5.74, 6) is 0.942. The van der Waals surface area contributed by atoms with Crippen molar-refractivity contribution in [2.75, 3.05) is 38.2 Å². The average molecular weight is 248 g/mol. The summed E-state index contributed by atoms with van der Waals surface area (Å²) in [6.07, 6.45) is 0. The smallest absolute Gasteiger partial charge is 0.119 e. The highest BCUT2D eigenvalue weighted by Gasteiger charge is 2.19. The monoisotopic (exact) mass is 248 g/mol. The number of rotatable bonds is 3. The second-order valence-electron chi connectivity index (χ2n) is 5.27. The maximum absolute atomic E-state index is 5.26. The van der Waals surface area contributed by atoms with Gasteiger partial charge in [0, 0.05) is 37.9 Å². The van der Waals surface area contributed by atoms with E-state index in [1.54, 1.807) is 7.11 Å². The number of aryl methyl sites for hydroxylation is 1. The minimum atomic E-state index is 0.657. The van der Waals surface area contributed by atoms with Gasteiger partial charge < -0.3 is 9.64 Å². The first kappa shape index (κ1) is 13.2. The summed E-state index contributed by atoms with van der Waals surface area (Å²) in [5.41, 5.74) is 2.64. The lowest BCUT2D eigenvalue weighted by molar-refractivity contribution is 0.209. The molecule has 1 aromatic carbocycles. The molecule has 0 aliphatic carbocycles. The van der Waals surface area contributed by atoms with Gasteiger partial charge in [-0.3, -0.25) is 4.90 Å².